The molecule has 2 amide bonds. The topological polar surface area (TPSA) is 61.4 Å². The van der Waals surface area contributed by atoms with Crippen LogP contribution in [0.25, 0.3) is 0 Å². The van der Waals surface area contributed by atoms with E-state index in [0.29, 0.717) is 6.54 Å². The average molecular weight is 396 g/mol. The van der Waals surface area contributed by atoms with Gasteiger partial charge in [-0.1, -0.05) is 29.8 Å². The Morgan fingerprint density at radius 3 is 2.10 bits per heavy atom. The standard InChI is InChI=1S/C24H33N3O2/c1-7-27(8-2)20-13-14-21(18(4)15-20)26-23(29)24(5,6)22(28)25-16-19-11-9-17(3)10-12-19/h9-15H,7-8,16H2,1-6H3,(H,25,28)(H,26,29). The van der Waals surface area contributed by atoms with E-state index >= 15 is 0 Å². The van der Waals surface area contributed by atoms with Crippen molar-refractivity contribution in [3.63, 3.8) is 0 Å². The van der Waals surface area contributed by atoms with E-state index in [1.165, 1.54) is 5.56 Å². The quantitative estimate of drug-likeness (QED) is 0.650. The molecule has 0 unspecified atom stereocenters. The van der Waals surface area contributed by atoms with Crippen molar-refractivity contribution in [2.24, 2.45) is 5.41 Å². The number of hydrogen-bond acceptors (Lipinski definition) is 3. The predicted octanol–water partition coefficient (Wildman–Crippen LogP) is 4.43. The number of carbonyl (C=O) groups excluding carboxylic acids is 2. The molecule has 0 radical (unpaired) electrons. The van der Waals surface area contributed by atoms with Gasteiger partial charge in [0.2, 0.25) is 11.8 Å². The molecule has 0 aromatic heterocycles. The number of nitrogens with zero attached hydrogens (tertiary/aromatic N) is 1. The van der Waals surface area contributed by atoms with Crippen molar-refractivity contribution >= 4 is 23.2 Å². The Hall–Kier alpha value is -2.82. The molecule has 29 heavy (non-hydrogen) atoms. The van der Waals surface area contributed by atoms with Crippen LogP contribution in [0.1, 0.15) is 44.4 Å². The lowest BCUT2D eigenvalue weighted by atomic mass is 9.90. The van der Waals surface area contributed by atoms with Gasteiger partial charge in [-0.3, -0.25) is 9.59 Å². The molecular weight excluding hydrogens is 362 g/mol. The summed E-state index contributed by atoms with van der Waals surface area (Å²) in [5, 5.41) is 5.79. The van der Waals surface area contributed by atoms with Crippen molar-refractivity contribution in [3.8, 4) is 0 Å². The van der Waals surface area contributed by atoms with Crippen LogP contribution in [-0.4, -0.2) is 24.9 Å². The van der Waals surface area contributed by atoms with Crippen LogP contribution in [0.2, 0.25) is 0 Å². The monoisotopic (exact) mass is 395 g/mol. The molecule has 5 nitrogen and oxygen atoms in total. The van der Waals surface area contributed by atoms with E-state index in [1.807, 2.05) is 50.2 Å². The van der Waals surface area contributed by atoms with Gasteiger partial charge in [-0.15, -0.1) is 0 Å². The first kappa shape index (κ1) is 22.5. The Kier molecular flexibility index (Phi) is 7.43. The molecule has 0 aliphatic rings. The summed E-state index contributed by atoms with van der Waals surface area (Å²) in [6.45, 7) is 13.8. The summed E-state index contributed by atoms with van der Waals surface area (Å²) in [6.07, 6.45) is 0. The first-order chi connectivity index (χ1) is 13.7. The highest BCUT2D eigenvalue weighted by Crippen LogP contribution is 2.25. The molecule has 2 N–H and O–H groups in total. The minimum absolute atomic E-state index is 0.298. The normalized spacial score (nSPS) is 11.1. The van der Waals surface area contributed by atoms with Crippen LogP contribution in [0.15, 0.2) is 42.5 Å². The summed E-state index contributed by atoms with van der Waals surface area (Å²) >= 11 is 0. The van der Waals surface area contributed by atoms with E-state index in [0.717, 1.165) is 35.6 Å². The number of rotatable bonds is 8. The molecule has 2 rings (SSSR count). The van der Waals surface area contributed by atoms with E-state index < -0.39 is 5.41 Å². The molecule has 0 aliphatic carbocycles. The van der Waals surface area contributed by atoms with Gasteiger partial charge in [-0.2, -0.15) is 0 Å². The molecule has 0 aliphatic heterocycles. The van der Waals surface area contributed by atoms with Gasteiger partial charge >= 0.3 is 0 Å². The first-order valence-electron chi connectivity index (χ1n) is 10.2. The second kappa shape index (κ2) is 9.59. The molecular formula is C24H33N3O2. The molecule has 0 saturated carbocycles. The largest absolute Gasteiger partial charge is 0.372 e. The summed E-state index contributed by atoms with van der Waals surface area (Å²) in [5.74, 6) is -0.620. The maximum absolute atomic E-state index is 12.8. The van der Waals surface area contributed by atoms with Crippen molar-refractivity contribution in [2.45, 2.75) is 48.1 Å². The summed E-state index contributed by atoms with van der Waals surface area (Å²) < 4.78 is 0. The Morgan fingerprint density at radius 2 is 1.55 bits per heavy atom. The lowest BCUT2D eigenvalue weighted by molar-refractivity contribution is -0.138. The van der Waals surface area contributed by atoms with E-state index in [1.54, 1.807) is 13.8 Å². The zero-order chi connectivity index (χ0) is 21.6. The third kappa shape index (κ3) is 5.59. The number of benzene rings is 2. The number of nitrogens with one attached hydrogen (secondary N) is 2. The van der Waals surface area contributed by atoms with Crippen LogP contribution in [0.3, 0.4) is 0 Å². The van der Waals surface area contributed by atoms with Crippen molar-refractivity contribution in [3.05, 3.63) is 59.2 Å². The maximum atomic E-state index is 12.8. The third-order valence-corrected chi connectivity index (χ3v) is 5.30. The molecule has 2 aromatic carbocycles. The van der Waals surface area contributed by atoms with Gasteiger partial charge in [0.25, 0.3) is 0 Å². The molecule has 2 aromatic rings. The molecule has 0 atom stereocenters. The number of amides is 2. The number of aryl methyl sites for hydroxylation is 2. The zero-order valence-corrected chi connectivity index (χ0v) is 18.4. The lowest BCUT2D eigenvalue weighted by Gasteiger charge is -2.25. The van der Waals surface area contributed by atoms with Gasteiger partial charge in [-0.05, 0) is 70.9 Å². The predicted molar refractivity (Wildman–Crippen MR) is 120 cm³/mol. The zero-order valence-electron chi connectivity index (χ0n) is 18.4. The van der Waals surface area contributed by atoms with Crippen LogP contribution < -0.4 is 15.5 Å². The van der Waals surface area contributed by atoms with Gasteiger partial charge in [0.15, 0.2) is 0 Å². The highest BCUT2D eigenvalue weighted by atomic mass is 16.2. The fourth-order valence-corrected chi connectivity index (χ4v) is 3.06. The van der Waals surface area contributed by atoms with Gasteiger partial charge in [-0.25, -0.2) is 0 Å². The molecule has 5 heteroatoms. The van der Waals surface area contributed by atoms with E-state index in [4.69, 9.17) is 0 Å². The van der Waals surface area contributed by atoms with Crippen LogP contribution in [0, 0.1) is 19.3 Å². The van der Waals surface area contributed by atoms with E-state index in [-0.39, 0.29) is 11.8 Å². The van der Waals surface area contributed by atoms with Gasteiger partial charge in [0.1, 0.15) is 5.41 Å². The maximum Gasteiger partial charge on any atom is 0.239 e. The summed E-state index contributed by atoms with van der Waals surface area (Å²) in [7, 11) is 0. The van der Waals surface area contributed by atoms with Crippen LogP contribution in [0.4, 0.5) is 11.4 Å². The van der Waals surface area contributed by atoms with Crippen LogP contribution >= 0.6 is 0 Å². The smallest absolute Gasteiger partial charge is 0.239 e. The minimum Gasteiger partial charge on any atom is -0.372 e. The van der Waals surface area contributed by atoms with Crippen molar-refractivity contribution in [2.75, 3.05) is 23.3 Å². The van der Waals surface area contributed by atoms with Gasteiger partial charge in [0, 0.05) is 31.0 Å². The van der Waals surface area contributed by atoms with Gasteiger partial charge < -0.3 is 15.5 Å². The van der Waals surface area contributed by atoms with Crippen molar-refractivity contribution in [1.29, 1.82) is 0 Å². The second-order valence-electron chi connectivity index (χ2n) is 7.92. The summed E-state index contributed by atoms with van der Waals surface area (Å²) in [4.78, 5) is 27.7. The number of hydrogen-bond donors (Lipinski definition) is 2. The molecule has 156 valence electrons. The number of carbonyl (C=O) groups is 2. The molecule has 0 heterocycles. The minimum atomic E-state index is -1.19. The molecule has 0 spiro atoms. The fraction of sp³-hybridized carbons (Fsp3) is 0.417. The Morgan fingerprint density at radius 1 is 0.931 bits per heavy atom. The molecule has 0 bridgehead atoms. The van der Waals surface area contributed by atoms with Crippen LogP contribution in [0.5, 0.6) is 0 Å². The second-order valence-corrected chi connectivity index (χ2v) is 7.92. The Balaban J connectivity index is 2.04. The van der Waals surface area contributed by atoms with Crippen molar-refractivity contribution in [1.82, 2.24) is 5.32 Å². The third-order valence-electron chi connectivity index (χ3n) is 5.30. The van der Waals surface area contributed by atoms with Crippen molar-refractivity contribution < 1.29 is 9.59 Å². The first-order valence-corrected chi connectivity index (χ1v) is 10.2. The SMILES string of the molecule is CCN(CC)c1ccc(NC(=O)C(C)(C)C(=O)NCc2ccc(C)cc2)c(C)c1. The molecule has 0 saturated heterocycles. The fourth-order valence-electron chi connectivity index (χ4n) is 3.06. The summed E-state index contributed by atoms with van der Waals surface area (Å²) in [5.41, 5.74) is 3.81. The average Bonchev–Trinajstić information content (AvgIpc) is 2.70. The lowest BCUT2D eigenvalue weighted by Crippen LogP contribution is -2.45. The van der Waals surface area contributed by atoms with Gasteiger partial charge in [0.05, 0.1) is 0 Å². The van der Waals surface area contributed by atoms with E-state index in [9.17, 15) is 9.59 Å². The highest BCUT2D eigenvalue weighted by Gasteiger charge is 2.36. The Bertz CT molecular complexity index is 853. The molecule has 0 fully saturated rings. The van der Waals surface area contributed by atoms with Crippen LogP contribution in [-0.2, 0) is 16.1 Å². The number of anilines is 2. The van der Waals surface area contributed by atoms with E-state index in [2.05, 4.69) is 35.4 Å². The summed E-state index contributed by atoms with van der Waals surface area (Å²) in [6, 6.07) is 13.9. The Labute approximate surface area is 174 Å². The highest BCUT2D eigenvalue weighted by molar-refractivity contribution is 6.10.